The summed E-state index contributed by atoms with van der Waals surface area (Å²) in [5.41, 5.74) is 3.81. The van der Waals surface area contributed by atoms with Crippen molar-refractivity contribution in [1.82, 2.24) is 4.90 Å². The van der Waals surface area contributed by atoms with Gasteiger partial charge < -0.3 is 14.2 Å². The van der Waals surface area contributed by atoms with E-state index in [1.165, 1.54) is 12.7 Å². The fourth-order valence-electron chi connectivity index (χ4n) is 3.15. The number of rotatable bonds is 6. The van der Waals surface area contributed by atoms with Crippen molar-refractivity contribution in [3.8, 4) is 16.9 Å². The third kappa shape index (κ3) is 4.42. The first-order valence-corrected chi connectivity index (χ1v) is 8.87. The number of ether oxygens (including phenoxy) is 3. The number of carbonyl (C=O) groups is 1. The number of hydrogen-bond donors (Lipinski definition) is 0. The summed E-state index contributed by atoms with van der Waals surface area (Å²) in [6.07, 6.45) is 0.984. The maximum Gasteiger partial charge on any atom is 0.337 e. The molecule has 0 aromatic heterocycles. The minimum absolute atomic E-state index is 0.332. The fourth-order valence-corrected chi connectivity index (χ4v) is 3.15. The first-order chi connectivity index (χ1) is 12.7. The van der Waals surface area contributed by atoms with E-state index in [2.05, 4.69) is 23.1 Å². The zero-order valence-corrected chi connectivity index (χ0v) is 15.4. The van der Waals surface area contributed by atoms with Crippen LogP contribution < -0.4 is 4.74 Å². The Morgan fingerprint density at radius 3 is 2.46 bits per heavy atom. The fraction of sp³-hybridized carbons (Fsp3) is 0.381. The van der Waals surface area contributed by atoms with Gasteiger partial charge in [0.15, 0.2) is 0 Å². The maximum absolute atomic E-state index is 11.6. The Balaban J connectivity index is 1.72. The van der Waals surface area contributed by atoms with Gasteiger partial charge in [0.2, 0.25) is 0 Å². The quantitative estimate of drug-likeness (QED) is 0.746. The van der Waals surface area contributed by atoms with Gasteiger partial charge in [-0.1, -0.05) is 24.3 Å². The van der Waals surface area contributed by atoms with Gasteiger partial charge >= 0.3 is 5.97 Å². The molecule has 138 valence electrons. The normalized spacial score (nSPS) is 14.8. The molecule has 1 aliphatic heterocycles. The Kier molecular flexibility index (Phi) is 6.26. The summed E-state index contributed by atoms with van der Waals surface area (Å²) in [6, 6.07) is 13.7. The van der Waals surface area contributed by atoms with Crippen molar-refractivity contribution in [2.24, 2.45) is 0 Å². The summed E-state index contributed by atoms with van der Waals surface area (Å²) in [4.78, 5) is 14.0. The van der Waals surface area contributed by atoms with Gasteiger partial charge in [0, 0.05) is 25.2 Å². The number of hydrogen-bond acceptors (Lipinski definition) is 5. The summed E-state index contributed by atoms with van der Waals surface area (Å²) in [6.45, 7) is 4.68. The molecule has 5 heteroatoms. The van der Waals surface area contributed by atoms with E-state index in [0.717, 1.165) is 56.1 Å². The number of nitrogens with zero attached hydrogens (tertiary/aromatic N) is 1. The second-order valence-electron chi connectivity index (χ2n) is 6.31. The molecule has 1 heterocycles. The highest BCUT2D eigenvalue weighted by atomic mass is 16.5. The van der Waals surface area contributed by atoms with E-state index in [4.69, 9.17) is 14.2 Å². The molecule has 3 rings (SSSR count). The van der Waals surface area contributed by atoms with Crippen molar-refractivity contribution in [3.63, 3.8) is 0 Å². The third-order valence-electron chi connectivity index (χ3n) is 4.70. The highest BCUT2D eigenvalue weighted by Gasteiger charge is 2.12. The Hall–Kier alpha value is -2.37. The minimum Gasteiger partial charge on any atom is -0.496 e. The van der Waals surface area contributed by atoms with Crippen LogP contribution in [-0.2, 0) is 15.9 Å². The predicted molar refractivity (Wildman–Crippen MR) is 101 cm³/mol. The van der Waals surface area contributed by atoms with Crippen LogP contribution in [0.1, 0.15) is 15.9 Å². The summed E-state index contributed by atoms with van der Waals surface area (Å²) in [7, 11) is 3.07. The molecule has 1 saturated heterocycles. The van der Waals surface area contributed by atoms with E-state index < -0.39 is 0 Å². The van der Waals surface area contributed by atoms with Crippen LogP contribution in [0, 0.1) is 0 Å². The van der Waals surface area contributed by atoms with Crippen molar-refractivity contribution in [1.29, 1.82) is 0 Å². The van der Waals surface area contributed by atoms with Crippen molar-refractivity contribution in [2.45, 2.75) is 6.42 Å². The zero-order chi connectivity index (χ0) is 18.4. The molecule has 2 aromatic rings. The number of methoxy groups -OCH3 is 2. The number of morpholine rings is 1. The highest BCUT2D eigenvalue weighted by molar-refractivity contribution is 5.90. The maximum atomic E-state index is 11.6. The Labute approximate surface area is 154 Å². The molecule has 0 spiro atoms. The molecule has 5 nitrogen and oxygen atoms in total. The van der Waals surface area contributed by atoms with Gasteiger partial charge in [0.25, 0.3) is 0 Å². The molecule has 0 atom stereocenters. The lowest BCUT2D eigenvalue weighted by molar-refractivity contribution is 0.0384. The molecule has 0 saturated carbocycles. The summed E-state index contributed by atoms with van der Waals surface area (Å²) >= 11 is 0. The Morgan fingerprint density at radius 2 is 1.81 bits per heavy atom. The SMILES string of the molecule is COC(=O)c1ccc(-c2ccc(CCN3CCOCC3)cc2OC)cc1. The van der Waals surface area contributed by atoms with Gasteiger partial charge in [-0.2, -0.15) is 0 Å². The lowest BCUT2D eigenvalue weighted by atomic mass is 10.00. The molecule has 0 bridgehead atoms. The lowest BCUT2D eigenvalue weighted by Gasteiger charge is -2.26. The van der Waals surface area contributed by atoms with E-state index in [0.29, 0.717) is 5.56 Å². The molecule has 1 fully saturated rings. The summed E-state index contributed by atoms with van der Waals surface area (Å²) < 4.78 is 15.7. The van der Waals surface area contributed by atoms with Crippen molar-refractivity contribution in [3.05, 3.63) is 53.6 Å². The molecule has 2 aromatic carbocycles. The minimum atomic E-state index is -0.332. The average molecular weight is 355 g/mol. The standard InChI is InChI=1S/C21H25NO4/c1-24-20-15-16(9-10-22-11-13-26-14-12-22)3-8-19(20)17-4-6-18(7-5-17)21(23)25-2/h3-8,15H,9-14H2,1-2H3. The molecule has 1 aliphatic rings. The second-order valence-corrected chi connectivity index (χ2v) is 6.31. The van der Waals surface area contributed by atoms with Crippen LogP contribution in [0.4, 0.5) is 0 Å². The van der Waals surface area contributed by atoms with Gasteiger partial charge in [0.05, 0.1) is 33.0 Å². The molecule has 0 N–H and O–H groups in total. The lowest BCUT2D eigenvalue weighted by Crippen LogP contribution is -2.37. The molecule has 0 amide bonds. The van der Waals surface area contributed by atoms with E-state index >= 15 is 0 Å². The summed E-state index contributed by atoms with van der Waals surface area (Å²) in [5.74, 6) is 0.511. The van der Waals surface area contributed by atoms with Crippen LogP contribution in [0.2, 0.25) is 0 Å². The van der Waals surface area contributed by atoms with Gasteiger partial charge in [-0.3, -0.25) is 4.90 Å². The molecule has 26 heavy (non-hydrogen) atoms. The average Bonchev–Trinajstić information content (AvgIpc) is 2.72. The third-order valence-corrected chi connectivity index (χ3v) is 4.70. The highest BCUT2D eigenvalue weighted by Crippen LogP contribution is 2.31. The van der Waals surface area contributed by atoms with E-state index in [1.807, 2.05) is 12.1 Å². The Morgan fingerprint density at radius 1 is 1.08 bits per heavy atom. The number of benzene rings is 2. The van der Waals surface area contributed by atoms with Gasteiger partial charge in [-0.25, -0.2) is 4.79 Å². The van der Waals surface area contributed by atoms with Crippen LogP contribution in [0.3, 0.4) is 0 Å². The van der Waals surface area contributed by atoms with Crippen molar-refractivity contribution >= 4 is 5.97 Å². The first kappa shape index (κ1) is 18.4. The van der Waals surface area contributed by atoms with E-state index in [9.17, 15) is 4.79 Å². The van der Waals surface area contributed by atoms with Crippen molar-refractivity contribution < 1.29 is 19.0 Å². The van der Waals surface area contributed by atoms with Crippen molar-refractivity contribution in [2.75, 3.05) is 47.1 Å². The monoisotopic (exact) mass is 355 g/mol. The van der Waals surface area contributed by atoms with Crippen LogP contribution in [-0.4, -0.2) is 57.9 Å². The van der Waals surface area contributed by atoms with E-state index in [1.54, 1.807) is 19.2 Å². The molecule has 0 unspecified atom stereocenters. The van der Waals surface area contributed by atoms with Gasteiger partial charge in [-0.05, 0) is 35.7 Å². The van der Waals surface area contributed by atoms with Crippen LogP contribution in [0.15, 0.2) is 42.5 Å². The molecular weight excluding hydrogens is 330 g/mol. The van der Waals surface area contributed by atoms with Crippen LogP contribution >= 0.6 is 0 Å². The second kappa shape index (κ2) is 8.83. The molecular formula is C21H25NO4. The van der Waals surface area contributed by atoms with E-state index in [-0.39, 0.29) is 5.97 Å². The Bertz CT molecular complexity index is 736. The first-order valence-electron chi connectivity index (χ1n) is 8.87. The number of carbonyl (C=O) groups excluding carboxylic acids is 1. The van der Waals surface area contributed by atoms with Gasteiger partial charge in [0.1, 0.15) is 5.75 Å². The van der Waals surface area contributed by atoms with Gasteiger partial charge in [-0.15, -0.1) is 0 Å². The smallest absolute Gasteiger partial charge is 0.337 e. The topological polar surface area (TPSA) is 48.0 Å². The van der Waals surface area contributed by atoms with Crippen LogP contribution in [0.5, 0.6) is 5.75 Å². The largest absolute Gasteiger partial charge is 0.496 e. The molecule has 0 radical (unpaired) electrons. The predicted octanol–water partition coefficient (Wildman–Crippen LogP) is 3.02. The number of esters is 1. The zero-order valence-electron chi connectivity index (χ0n) is 15.4. The summed E-state index contributed by atoms with van der Waals surface area (Å²) in [5, 5.41) is 0. The molecule has 0 aliphatic carbocycles. The van der Waals surface area contributed by atoms with Crippen LogP contribution in [0.25, 0.3) is 11.1 Å².